The van der Waals surface area contributed by atoms with Crippen molar-refractivity contribution in [1.82, 2.24) is 0 Å². The lowest BCUT2D eigenvalue weighted by molar-refractivity contribution is -0.166. The van der Waals surface area contributed by atoms with Crippen molar-refractivity contribution < 1.29 is 28.6 Å². The van der Waals surface area contributed by atoms with Crippen LogP contribution >= 0.6 is 0 Å². The van der Waals surface area contributed by atoms with Gasteiger partial charge in [0.2, 0.25) is 0 Å². The van der Waals surface area contributed by atoms with Gasteiger partial charge in [0, 0.05) is 19.3 Å². The van der Waals surface area contributed by atoms with Crippen molar-refractivity contribution in [3.8, 4) is 0 Å². The van der Waals surface area contributed by atoms with E-state index in [9.17, 15) is 14.4 Å². The van der Waals surface area contributed by atoms with Gasteiger partial charge >= 0.3 is 17.9 Å². The molecule has 0 aliphatic rings. The quantitative estimate of drug-likeness (QED) is 0.0265. The third-order valence-corrected chi connectivity index (χ3v) is 9.71. The van der Waals surface area contributed by atoms with E-state index in [2.05, 4.69) is 81.5 Å². The number of carbonyl (C=O) groups excluding carboxylic acids is 3. The SMILES string of the molecule is CC/C=C\C/C=C\C/C=C\C/C=C\CCC(=O)OC(COC(=O)CCCCCCC/C=C\C/C=C\CCCC)COC(=O)CCCCCCCCCCCCCC. The Balaban J connectivity index is 4.50. The normalized spacial score (nSPS) is 12.7. The molecule has 0 saturated carbocycles. The number of allylic oxidation sites excluding steroid dienone is 12. The van der Waals surface area contributed by atoms with Gasteiger partial charge in [0.15, 0.2) is 6.10 Å². The molecule has 0 aromatic rings. The third kappa shape index (κ3) is 43.8. The monoisotopic (exact) mass is 795 g/mol. The molecule has 0 spiro atoms. The first-order valence-corrected chi connectivity index (χ1v) is 23.4. The second-order valence-electron chi connectivity index (χ2n) is 15.3. The van der Waals surface area contributed by atoms with E-state index in [-0.39, 0.29) is 31.6 Å². The largest absolute Gasteiger partial charge is 0.462 e. The van der Waals surface area contributed by atoms with Gasteiger partial charge in [-0.05, 0) is 70.6 Å². The Morgan fingerprint density at radius 2 is 0.737 bits per heavy atom. The summed E-state index contributed by atoms with van der Waals surface area (Å²) in [7, 11) is 0. The minimum absolute atomic E-state index is 0.107. The zero-order valence-electron chi connectivity index (χ0n) is 37.1. The summed E-state index contributed by atoms with van der Waals surface area (Å²) in [5, 5.41) is 0. The van der Waals surface area contributed by atoms with Crippen molar-refractivity contribution in [2.24, 2.45) is 0 Å². The molecule has 0 heterocycles. The van der Waals surface area contributed by atoms with Crippen LogP contribution in [0.25, 0.3) is 0 Å². The second kappa shape index (κ2) is 45.6. The summed E-state index contributed by atoms with van der Waals surface area (Å²) in [4.78, 5) is 37.7. The zero-order chi connectivity index (χ0) is 41.5. The molecule has 0 aromatic carbocycles. The Kier molecular flexibility index (Phi) is 43.0. The van der Waals surface area contributed by atoms with E-state index >= 15 is 0 Å². The van der Waals surface area contributed by atoms with Gasteiger partial charge in [0.05, 0.1) is 0 Å². The highest BCUT2D eigenvalue weighted by Gasteiger charge is 2.19. The number of ether oxygens (including phenoxy) is 3. The Labute approximate surface area is 351 Å². The van der Waals surface area contributed by atoms with E-state index in [0.29, 0.717) is 19.3 Å². The van der Waals surface area contributed by atoms with Gasteiger partial charge in [-0.2, -0.15) is 0 Å². The Morgan fingerprint density at radius 1 is 0.368 bits per heavy atom. The Bertz CT molecular complexity index is 1100. The lowest BCUT2D eigenvalue weighted by Crippen LogP contribution is -2.30. The van der Waals surface area contributed by atoms with Gasteiger partial charge in [-0.15, -0.1) is 0 Å². The standard InChI is InChI=1S/C51H86O6/c1-4-7-10-13-16-19-22-25-27-29-32-35-38-41-44-50(53)56-47-48(46-55-49(52)43-40-37-34-31-28-24-21-18-15-12-9-6-3)57-51(54)45-42-39-36-33-30-26-23-20-17-14-11-8-5-2/h8,11,13,16-17,20,22,25-26,30,36,39,48H,4-7,9-10,12,14-15,18-19,21,23-24,27-29,31-35,37-38,40-47H2,1-3H3/b11-8-,16-13-,20-17-,25-22-,30-26-,39-36-. The number of esters is 3. The molecule has 6 heteroatoms. The van der Waals surface area contributed by atoms with Crippen LogP contribution in [0.5, 0.6) is 0 Å². The maximum absolute atomic E-state index is 12.7. The highest BCUT2D eigenvalue weighted by Crippen LogP contribution is 2.14. The van der Waals surface area contributed by atoms with Crippen LogP contribution in [0.2, 0.25) is 0 Å². The molecule has 0 aliphatic carbocycles. The van der Waals surface area contributed by atoms with Crippen LogP contribution in [0.4, 0.5) is 0 Å². The topological polar surface area (TPSA) is 78.9 Å². The summed E-state index contributed by atoms with van der Waals surface area (Å²) < 4.78 is 16.6. The molecule has 0 aromatic heterocycles. The molecule has 57 heavy (non-hydrogen) atoms. The van der Waals surface area contributed by atoms with Gasteiger partial charge in [-0.3, -0.25) is 14.4 Å². The van der Waals surface area contributed by atoms with Crippen LogP contribution in [-0.2, 0) is 28.6 Å². The molecule has 0 aliphatic heterocycles. The fraction of sp³-hybridized carbons (Fsp3) is 0.706. The molecule has 0 radical (unpaired) electrons. The van der Waals surface area contributed by atoms with E-state index in [4.69, 9.17) is 14.2 Å². The molecular weight excluding hydrogens is 709 g/mol. The lowest BCUT2D eigenvalue weighted by atomic mass is 10.0. The minimum atomic E-state index is -0.815. The van der Waals surface area contributed by atoms with E-state index in [1.807, 2.05) is 12.2 Å². The van der Waals surface area contributed by atoms with Gasteiger partial charge in [-0.1, -0.05) is 196 Å². The summed E-state index contributed by atoms with van der Waals surface area (Å²) in [6.45, 7) is 6.39. The van der Waals surface area contributed by atoms with Crippen molar-refractivity contribution in [1.29, 1.82) is 0 Å². The molecule has 0 rings (SSSR count). The summed E-state index contributed by atoms with van der Waals surface area (Å²) >= 11 is 0. The molecule has 0 fully saturated rings. The maximum atomic E-state index is 12.7. The Morgan fingerprint density at radius 3 is 1.19 bits per heavy atom. The predicted molar refractivity (Wildman–Crippen MR) is 242 cm³/mol. The molecule has 6 nitrogen and oxygen atoms in total. The van der Waals surface area contributed by atoms with Crippen molar-refractivity contribution >= 4 is 17.9 Å². The fourth-order valence-electron chi connectivity index (χ4n) is 6.18. The van der Waals surface area contributed by atoms with E-state index < -0.39 is 12.1 Å². The lowest BCUT2D eigenvalue weighted by Gasteiger charge is -2.18. The molecule has 0 N–H and O–H groups in total. The highest BCUT2D eigenvalue weighted by atomic mass is 16.6. The second-order valence-corrected chi connectivity index (χ2v) is 15.3. The van der Waals surface area contributed by atoms with Crippen LogP contribution in [0, 0.1) is 0 Å². The highest BCUT2D eigenvalue weighted by molar-refractivity contribution is 5.71. The molecule has 326 valence electrons. The average molecular weight is 795 g/mol. The number of hydrogen-bond acceptors (Lipinski definition) is 6. The summed E-state index contributed by atoms with van der Waals surface area (Å²) in [6, 6.07) is 0. The molecular formula is C51H86O6. The predicted octanol–water partition coefficient (Wildman–Crippen LogP) is 15.1. The summed E-state index contributed by atoms with van der Waals surface area (Å²) in [6.07, 6.45) is 56.1. The fourth-order valence-corrected chi connectivity index (χ4v) is 6.18. The number of carbonyl (C=O) groups is 3. The van der Waals surface area contributed by atoms with Gasteiger partial charge < -0.3 is 14.2 Å². The van der Waals surface area contributed by atoms with Crippen LogP contribution in [0.15, 0.2) is 72.9 Å². The van der Waals surface area contributed by atoms with Gasteiger partial charge in [-0.25, -0.2) is 0 Å². The molecule has 0 bridgehead atoms. The molecule has 1 atom stereocenters. The van der Waals surface area contributed by atoms with Gasteiger partial charge in [0.1, 0.15) is 13.2 Å². The number of hydrogen-bond donors (Lipinski definition) is 0. The first kappa shape index (κ1) is 53.9. The number of rotatable bonds is 41. The van der Waals surface area contributed by atoms with Crippen LogP contribution in [0.1, 0.15) is 213 Å². The van der Waals surface area contributed by atoms with E-state index in [1.54, 1.807) is 0 Å². The molecule has 0 amide bonds. The maximum Gasteiger partial charge on any atom is 0.306 e. The minimum Gasteiger partial charge on any atom is -0.462 e. The average Bonchev–Trinajstić information content (AvgIpc) is 3.21. The van der Waals surface area contributed by atoms with Crippen LogP contribution < -0.4 is 0 Å². The third-order valence-electron chi connectivity index (χ3n) is 9.71. The molecule has 1 unspecified atom stereocenters. The van der Waals surface area contributed by atoms with Crippen LogP contribution in [-0.4, -0.2) is 37.2 Å². The Hall–Kier alpha value is -3.15. The van der Waals surface area contributed by atoms with Crippen molar-refractivity contribution in [2.45, 2.75) is 219 Å². The van der Waals surface area contributed by atoms with E-state index in [1.165, 1.54) is 77.0 Å². The summed E-state index contributed by atoms with van der Waals surface area (Å²) in [5.41, 5.74) is 0. The van der Waals surface area contributed by atoms with Crippen molar-refractivity contribution in [3.05, 3.63) is 72.9 Å². The zero-order valence-corrected chi connectivity index (χ0v) is 37.1. The van der Waals surface area contributed by atoms with Crippen LogP contribution in [0.3, 0.4) is 0 Å². The summed E-state index contributed by atoms with van der Waals surface area (Å²) in [5.74, 6) is -1.01. The van der Waals surface area contributed by atoms with E-state index in [0.717, 1.165) is 89.9 Å². The van der Waals surface area contributed by atoms with Crippen molar-refractivity contribution in [2.75, 3.05) is 13.2 Å². The van der Waals surface area contributed by atoms with Gasteiger partial charge in [0.25, 0.3) is 0 Å². The smallest absolute Gasteiger partial charge is 0.306 e. The number of unbranched alkanes of at least 4 members (excludes halogenated alkanes) is 18. The first-order valence-electron chi connectivity index (χ1n) is 23.4. The van der Waals surface area contributed by atoms with Crippen molar-refractivity contribution in [3.63, 3.8) is 0 Å². The molecule has 0 saturated heterocycles. The first-order chi connectivity index (χ1) is 28.0.